The first-order chi connectivity index (χ1) is 6.88. The molecular weight excluding hydrogens is 229 g/mol. The number of aryl methyl sites for hydroxylation is 2. The van der Waals surface area contributed by atoms with Crippen LogP contribution in [0.1, 0.15) is 15.6 Å². The minimum Gasteiger partial charge on any atom is -0.292 e. The van der Waals surface area contributed by atoms with Crippen LogP contribution in [0.5, 0.6) is 0 Å². The van der Waals surface area contributed by atoms with Crippen molar-refractivity contribution < 1.29 is 18.0 Å². The highest BCUT2D eigenvalue weighted by atomic mass is 32.1. The van der Waals surface area contributed by atoms with Crippen molar-refractivity contribution in [2.24, 2.45) is 0 Å². The molecule has 0 aliphatic heterocycles. The van der Waals surface area contributed by atoms with Gasteiger partial charge in [0.05, 0.1) is 17.2 Å². The Morgan fingerprint density at radius 1 is 1.40 bits per heavy atom. The molecule has 0 radical (unpaired) electrons. The smallest absolute Gasteiger partial charge is 0.292 e. The van der Waals surface area contributed by atoms with Gasteiger partial charge < -0.3 is 0 Å². The molecule has 0 aliphatic rings. The van der Waals surface area contributed by atoms with Gasteiger partial charge in [-0.05, 0) is 13.8 Å². The molecule has 15 heavy (non-hydrogen) atoms. The quantitative estimate of drug-likeness (QED) is 0.648. The molecule has 0 unspecified atom stereocenters. The summed E-state index contributed by atoms with van der Waals surface area (Å²) in [6.45, 7) is 2.61. The Kier molecular flexibility index (Phi) is 4.06. The number of hydrogen-bond donors (Lipinski definition) is 1. The highest BCUT2D eigenvalue weighted by molar-refractivity contribution is 7.11. The van der Waals surface area contributed by atoms with E-state index in [1.807, 2.05) is 13.8 Å². The summed E-state index contributed by atoms with van der Waals surface area (Å²) in [7, 11) is 0. The van der Waals surface area contributed by atoms with Gasteiger partial charge in [0.15, 0.2) is 6.61 Å². The predicted molar refractivity (Wildman–Crippen MR) is 50.4 cm³/mol. The van der Waals surface area contributed by atoms with Crippen molar-refractivity contribution in [3.63, 3.8) is 0 Å². The lowest BCUT2D eigenvalue weighted by Crippen LogP contribution is -2.24. The second kappa shape index (κ2) is 4.91. The summed E-state index contributed by atoms with van der Waals surface area (Å²) in [4.78, 5) is 9.29. The average Bonchev–Trinajstić information content (AvgIpc) is 2.37. The predicted octanol–water partition coefficient (Wildman–Crippen LogP) is 2.34. The first kappa shape index (κ1) is 12.4. The van der Waals surface area contributed by atoms with Crippen LogP contribution in [0.25, 0.3) is 0 Å². The van der Waals surface area contributed by atoms with Gasteiger partial charge in [0, 0.05) is 4.88 Å². The average molecular weight is 240 g/mol. The Morgan fingerprint density at radius 3 is 2.53 bits per heavy atom. The Bertz CT molecular complexity index is 324. The highest BCUT2D eigenvalue weighted by Crippen LogP contribution is 2.17. The molecule has 3 nitrogen and oxygen atoms in total. The van der Waals surface area contributed by atoms with E-state index in [0.29, 0.717) is 0 Å². The van der Waals surface area contributed by atoms with Crippen LogP contribution < -0.4 is 5.48 Å². The van der Waals surface area contributed by atoms with E-state index in [-0.39, 0.29) is 6.54 Å². The third-order valence-electron chi connectivity index (χ3n) is 1.57. The fourth-order valence-electron chi connectivity index (χ4n) is 0.987. The van der Waals surface area contributed by atoms with E-state index in [2.05, 4.69) is 15.3 Å². The largest absolute Gasteiger partial charge is 0.413 e. The van der Waals surface area contributed by atoms with E-state index in [4.69, 9.17) is 0 Å². The van der Waals surface area contributed by atoms with E-state index >= 15 is 0 Å². The molecule has 0 saturated carbocycles. The van der Waals surface area contributed by atoms with Crippen molar-refractivity contribution in [1.82, 2.24) is 10.5 Å². The molecule has 0 saturated heterocycles. The summed E-state index contributed by atoms with van der Waals surface area (Å²) < 4.78 is 35.1. The Balaban J connectivity index is 2.29. The molecule has 1 heterocycles. The van der Waals surface area contributed by atoms with Gasteiger partial charge in [-0.2, -0.15) is 18.7 Å². The minimum absolute atomic E-state index is 0.243. The Hall–Kier alpha value is -0.660. The maximum Gasteiger partial charge on any atom is 0.413 e. The molecule has 1 aromatic rings. The zero-order valence-electron chi connectivity index (χ0n) is 8.31. The molecule has 1 rings (SSSR count). The molecule has 7 heteroatoms. The number of hydrogen-bond acceptors (Lipinski definition) is 4. The van der Waals surface area contributed by atoms with Crippen molar-refractivity contribution >= 4 is 11.3 Å². The zero-order valence-corrected chi connectivity index (χ0v) is 9.13. The standard InChI is InChI=1S/C8H11F3N2OS/c1-5-7(15-6(2)13-5)3-12-14-4-8(9,10)11/h12H,3-4H2,1-2H3. The van der Waals surface area contributed by atoms with E-state index in [9.17, 15) is 13.2 Å². The first-order valence-electron chi connectivity index (χ1n) is 4.23. The first-order valence-corrected chi connectivity index (χ1v) is 5.04. The minimum atomic E-state index is -4.30. The summed E-state index contributed by atoms with van der Waals surface area (Å²) in [6.07, 6.45) is -4.30. The molecule has 86 valence electrons. The number of halogens is 3. The second-order valence-corrected chi connectivity index (χ2v) is 4.25. The van der Waals surface area contributed by atoms with E-state index in [1.165, 1.54) is 11.3 Å². The molecule has 0 aliphatic carbocycles. The summed E-state index contributed by atoms with van der Waals surface area (Å²) >= 11 is 1.44. The van der Waals surface area contributed by atoms with Crippen LogP contribution in [0.2, 0.25) is 0 Å². The maximum atomic E-state index is 11.7. The van der Waals surface area contributed by atoms with Crippen LogP contribution in [0.15, 0.2) is 0 Å². The number of hydroxylamine groups is 1. The molecule has 0 amide bonds. The summed E-state index contributed by atoms with van der Waals surface area (Å²) in [6, 6.07) is 0. The molecule has 0 spiro atoms. The summed E-state index contributed by atoms with van der Waals surface area (Å²) in [5, 5.41) is 0.889. The van der Waals surface area contributed by atoms with Crippen LogP contribution in [-0.2, 0) is 11.4 Å². The van der Waals surface area contributed by atoms with E-state index in [1.54, 1.807) is 0 Å². The lowest BCUT2D eigenvalue weighted by atomic mass is 10.4. The molecule has 1 N–H and O–H groups in total. The van der Waals surface area contributed by atoms with Gasteiger partial charge in [0.1, 0.15) is 0 Å². The highest BCUT2D eigenvalue weighted by Gasteiger charge is 2.27. The lowest BCUT2D eigenvalue weighted by molar-refractivity contribution is -0.190. The zero-order chi connectivity index (χ0) is 11.5. The van der Waals surface area contributed by atoms with Gasteiger partial charge in [-0.25, -0.2) is 4.98 Å². The van der Waals surface area contributed by atoms with Crippen LogP contribution in [0.3, 0.4) is 0 Å². The normalized spacial score (nSPS) is 12.1. The summed E-state index contributed by atoms with van der Waals surface area (Å²) in [5.41, 5.74) is 3.08. The van der Waals surface area contributed by atoms with Crippen LogP contribution in [0, 0.1) is 13.8 Å². The van der Waals surface area contributed by atoms with E-state index in [0.717, 1.165) is 15.6 Å². The third-order valence-corrected chi connectivity index (χ3v) is 2.64. The van der Waals surface area contributed by atoms with Gasteiger partial charge in [0.2, 0.25) is 0 Å². The number of aromatic nitrogens is 1. The van der Waals surface area contributed by atoms with Crippen molar-refractivity contribution in [2.45, 2.75) is 26.6 Å². The molecule has 1 aromatic heterocycles. The molecule has 0 atom stereocenters. The summed E-state index contributed by atoms with van der Waals surface area (Å²) in [5.74, 6) is 0. The van der Waals surface area contributed by atoms with Gasteiger partial charge in [-0.1, -0.05) is 0 Å². The number of nitrogens with zero attached hydrogens (tertiary/aromatic N) is 1. The van der Waals surface area contributed by atoms with Crippen LogP contribution in [0.4, 0.5) is 13.2 Å². The third kappa shape index (κ3) is 4.59. The van der Waals surface area contributed by atoms with Crippen molar-refractivity contribution in [2.75, 3.05) is 6.61 Å². The van der Waals surface area contributed by atoms with Gasteiger partial charge in [-0.3, -0.25) is 4.84 Å². The van der Waals surface area contributed by atoms with Crippen LogP contribution in [-0.4, -0.2) is 17.8 Å². The Labute approximate surface area is 89.2 Å². The number of nitrogens with one attached hydrogen (secondary N) is 1. The number of thiazole rings is 1. The topological polar surface area (TPSA) is 34.2 Å². The Morgan fingerprint density at radius 2 is 2.07 bits per heavy atom. The van der Waals surface area contributed by atoms with Crippen molar-refractivity contribution in [3.8, 4) is 0 Å². The molecule has 0 fully saturated rings. The number of alkyl halides is 3. The molecule has 0 aromatic carbocycles. The van der Waals surface area contributed by atoms with Gasteiger partial charge >= 0.3 is 6.18 Å². The lowest BCUT2D eigenvalue weighted by Gasteiger charge is -2.07. The maximum absolute atomic E-state index is 11.7. The van der Waals surface area contributed by atoms with Gasteiger partial charge in [0.25, 0.3) is 0 Å². The van der Waals surface area contributed by atoms with E-state index < -0.39 is 12.8 Å². The second-order valence-electron chi connectivity index (χ2n) is 2.97. The molecular formula is C8H11F3N2OS. The fraction of sp³-hybridized carbons (Fsp3) is 0.625. The molecule has 0 bridgehead atoms. The van der Waals surface area contributed by atoms with Crippen LogP contribution >= 0.6 is 11.3 Å². The van der Waals surface area contributed by atoms with Crippen molar-refractivity contribution in [3.05, 3.63) is 15.6 Å². The van der Waals surface area contributed by atoms with Crippen molar-refractivity contribution in [1.29, 1.82) is 0 Å². The fourth-order valence-corrected chi connectivity index (χ4v) is 1.85. The SMILES string of the molecule is Cc1nc(C)c(CNOCC(F)(F)F)s1. The monoisotopic (exact) mass is 240 g/mol. The number of rotatable bonds is 4. The van der Waals surface area contributed by atoms with Gasteiger partial charge in [-0.15, -0.1) is 11.3 Å².